The zero-order valence-electron chi connectivity index (χ0n) is 16.9. The minimum Gasteiger partial charge on any atom is -0.394 e. The van der Waals surface area contributed by atoms with Crippen molar-refractivity contribution < 1.29 is 14.6 Å². The molecule has 2 aliphatic rings. The average Bonchev–Trinajstić information content (AvgIpc) is 3.46. The van der Waals surface area contributed by atoms with Gasteiger partial charge in [-0.15, -0.1) is 0 Å². The van der Waals surface area contributed by atoms with E-state index in [2.05, 4.69) is 15.4 Å². The lowest BCUT2D eigenvalue weighted by molar-refractivity contribution is 0.0750. The quantitative estimate of drug-likeness (QED) is 0.671. The van der Waals surface area contributed by atoms with E-state index in [1.165, 1.54) is 6.33 Å². The summed E-state index contributed by atoms with van der Waals surface area (Å²) in [5, 5.41) is 17.5. The van der Waals surface area contributed by atoms with Crippen molar-refractivity contribution in [2.75, 3.05) is 38.2 Å². The van der Waals surface area contributed by atoms with Gasteiger partial charge in [-0.1, -0.05) is 30.3 Å². The van der Waals surface area contributed by atoms with Crippen LogP contribution >= 0.6 is 0 Å². The summed E-state index contributed by atoms with van der Waals surface area (Å²) in [5.41, 5.74) is 3.18. The van der Waals surface area contributed by atoms with Crippen molar-refractivity contribution in [3.8, 4) is 0 Å². The Kier molecular flexibility index (Phi) is 4.88. The van der Waals surface area contributed by atoms with Crippen LogP contribution in [0.1, 0.15) is 27.5 Å². The van der Waals surface area contributed by atoms with E-state index < -0.39 is 0 Å². The number of nitrogens with zero attached hydrogens (tertiary/aromatic N) is 4. The number of carbonyl (C=O) groups is 1. The number of likely N-dealkylation sites (tertiary alicyclic amines) is 1. The summed E-state index contributed by atoms with van der Waals surface area (Å²) in [5.74, 6) is 1.51. The molecule has 0 radical (unpaired) electrons. The molecule has 0 aliphatic carbocycles. The van der Waals surface area contributed by atoms with Crippen LogP contribution in [-0.2, 0) is 4.74 Å². The third-order valence-electron chi connectivity index (χ3n) is 6.28. The van der Waals surface area contributed by atoms with Crippen LogP contribution in [-0.4, -0.2) is 63.4 Å². The minimum atomic E-state index is -0.309. The number of hydrogen-bond donors (Lipinski definition) is 2. The van der Waals surface area contributed by atoms with Gasteiger partial charge in [0.05, 0.1) is 31.4 Å². The fraction of sp³-hybridized carbons (Fsp3) is 0.409. The lowest BCUT2D eigenvalue weighted by atomic mass is 10.0. The molecule has 1 aromatic carbocycles. The van der Waals surface area contributed by atoms with Gasteiger partial charge in [0.1, 0.15) is 11.8 Å². The number of aromatic nitrogens is 3. The Bertz CT molecular complexity index is 1060. The Hall–Kier alpha value is -2.97. The van der Waals surface area contributed by atoms with Gasteiger partial charge in [-0.2, -0.15) is 5.10 Å². The summed E-state index contributed by atoms with van der Waals surface area (Å²) in [7, 11) is 0. The van der Waals surface area contributed by atoms with Crippen molar-refractivity contribution in [3.05, 3.63) is 59.5 Å². The molecular formula is C22H25N5O3. The molecule has 1 amide bonds. The van der Waals surface area contributed by atoms with Crippen LogP contribution in [0.15, 0.2) is 42.9 Å². The van der Waals surface area contributed by atoms with Gasteiger partial charge >= 0.3 is 0 Å². The highest BCUT2D eigenvalue weighted by Crippen LogP contribution is 2.32. The van der Waals surface area contributed by atoms with E-state index in [0.717, 1.165) is 42.9 Å². The largest absolute Gasteiger partial charge is 0.394 e. The van der Waals surface area contributed by atoms with Crippen molar-refractivity contribution in [3.63, 3.8) is 0 Å². The minimum absolute atomic E-state index is 0.0279. The lowest BCUT2D eigenvalue weighted by Crippen LogP contribution is -2.30. The fourth-order valence-electron chi connectivity index (χ4n) is 4.59. The second kappa shape index (κ2) is 7.70. The van der Waals surface area contributed by atoms with Gasteiger partial charge in [0.25, 0.3) is 5.91 Å². The summed E-state index contributed by atoms with van der Waals surface area (Å²) in [6, 6.07) is 9.42. The van der Waals surface area contributed by atoms with Gasteiger partial charge in [-0.3, -0.25) is 4.79 Å². The van der Waals surface area contributed by atoms with Crippen molar-refractivity contribution in [1.82, 2.24) is 19.5 Å². The van der Waals surface area contributed by atoms with Crippen molar-refractivity contribution in [1.29, 1.82) is 0 Å². The number of aryl methyl sites for hydroxylation is 1. The summed E-state index contributed by atoms with van der Waals surface area (Å²) < 4.78 is 7.22. The molecular weight excluding hydrogens is 382 g/mol. The maximum absolute atomic E-state index is 13.2. The maximum Gasteiger partial charge on any atom is 0.255 e. The van der Waals surface area contributed by atoms with Gasteiger partial charge in [0.15, 0.2) is 5.82 Å². The normalized spacial score (nSPS) is 21.7. The number of rotatable bonds is 5. The van der Waals surface area contributed by atoms with Gasteiger partial charge in [0.2, 0.25) is 0 Å². The van der Waals surface area contributed by atoms with Gasteiger partial charge in [-0.25, -0.2) is 9.50 Å². The molecule has 2 unspecified atom stereocenters. The molecule has 30 heavy (non-hydrogen) atoms. The van der Waals surface area contributed by atoms with E-state index in [4.69, 9.17) is 4.74 Å². The number of aliphatic hydroxyl groups is 1. The Morgan fingerprint density at radius 2 is 2.00 bits per heavy atom. The molecule has 2 aliphatic heterocycles. The smallest absolute Gasteiger partial charge is 0.255 e. The monoisotopic (exact) mass is 407 g/mol. The Morgan fingerprint density at radius 1 is 1.27 bits per heavy atom. The Labute approximate surface area is 174 Å². The van der Waals surface area contributed by atoms with Crippen LogP contribution in [0.5, 0.6) is 0 Å². The second-order valence-electron chi connectivity index (χ2n) is 8.13. The summed E-state index contributed by atoms with van der Waals surface area (Å²) in [6.07, 6.45) is 3.24. The van der Waals surface area contributed by atoms with Crippen molar-refractivity contribution in [2.45, 2.75) is 13.0 Å². The summed E-state index contributed by atoms with van der Waals surface area (Å²) in [6.45, 7) is 4.82. The zero-order valence-corrected chi connectivity index (χ0v) is 16.9. The molecule has 5 rings (SSSR count). The molecule has 3 aromatic rings. The maximum atomic E-state index is 13.2. The Balaban J connectivity index is 1.45. The first-order valence-electron chi connectivity index (χ1n) is 10.3. The average molecular weight is 407 g/mol. The Morgan fingerprint density at radius 3 is 2.70 bits per heavy atom. The van der Waals surface area contributed by atoms with Gasteiger partial charge in [0, 0.05) is 31.1 Å². The molecule has 8 nitrogen and oxygen atoms in total. The summed E-state index contributed by atoms with van der Waals surface area (Å²) >= 11 is 0. The summed E-state index contributed by atoms with van der Waals surface area (Å²) in [4.78, 5) is 19.6. The van der Waals surface area contributed by atoms with Crippen molar-refractivity contribution in [2.24, 2.45) is 11.8 Å². The third kappa shape index (κ3) is 3.22. The topological polar surface area (TPSA) is 92.0 Å². The highest BCUT2D eigenvalue weighted by atomic mass is 16.5. The van der Waals surface area contributed by atoms with E-state index in [-0.39, 0.29) is 18.6 Å². The van der Waals surface area contributed by atoms with E-state index in [0.29, 0.717) is 23.2 Å². The first kappa shape index (κ1) is 19.0. The van der Waals surface area contributed by atoms with Crippen molar-refractivity contribution >= 4 is 17.2 Å². The van der Waals surface area contributed by atoms with Gasteiger partial charge in [-0.05, 0) is 18.1 Å². The molecule has 8 heteroatoms. The van der Waals surface area contributed by atoms with Crippen LogP contribution < -0.4 is 5.32 Å². The number of carbonyl (C=O) groups excluding carboxylic acids is 1. The van der Waals surface area contributed by atoms with Crippen LogP contribution in [0.3, 0.4) is 0 Å². The molecule has 2 fully saturated rings. The lowest BCUT2D eigenvalue weighted by Gasteiger charge is -2.18. The standard InChI is InChI=1S/C22H25N5O3/c1-14-18(22(29)26-7-16-11-30-12-17(16)8-26)9-27-20(14)21(23-13-24-27)25-19(10-28)15-5-3-2-4-6-15/h2-6,9,13,16-17,19,28H,7-8,10-12H2,1H3,(H,23,24,25)/t16?,17?,19-/m1/s1. The number of nitrogens with one attached hydrogen (secondary N) is 1. The molecule has 2 saturated heterocycles. The van der Waals surface area contributed by atoms with Gasteiger partial charge < -0.3 is 20.1 Å². The highest BCUT2D eigenvalue weighted by molar-refractivity contribution is 5.99. The molecule has 3 atom stereocenters. The molecule has 2 N–H and O–H groups in total. The zero-order chi connectivity index (χ0) is 20.7. The third-order valence-corrected chi connectivity index (χ3v) is 6.28. The number of hydrogen-bond acceptors (Lipinski definition) is 6. The highest BCUT2D eigenvalue weighted by Gasteiger charge is 2.39. The second-order valence-corrected chi connectivity index (χ2v) is 8.13. The number of anilines is 1. The number of fused-ring (bicyclic) bond motifs is 2. The first-order chi connectivity index (χ1) is 14.7. The number of benzene rings is 1. The number of aliphatic hydroxyl groups excluding tert-OH is 1. The molecule has 0 bridgehead atoms. The molecule has 156 valence electrons. The van der Waals surface area contributed by atoms with Crippen LogP contribution in [0, 0.1) is 18.8 Å². The van der Waals surface area contributed by atoms with Crippen LogP contribution in [0.4, 0.5) is 5.82 Å². The SMILES string of the molecule is Cc1c(C(=O)N2CC3COCC3C2)cn2ncnc(N[C@H](CO)c3ccccc3)c12. The van der Waals surface area contributed by atoms with E-state index >= 15 is 0 Å². The van der Waals surface area contributed by atoms with Crippen LogP contribution in [0.2, 0.25) is 0 Å². The molecule has 0 spiro atoms. The molecule has 2 aromatic heterocycles. The fourth-order valence-corrected chi connectivity index (χ4v) is 4.59. The van der Waals surface area contributed by atoms with E-state index in [1.54, 1.807) is 10.7 Å². The predicted molar refractivity (Wildman–Crippen MR) is 111 cm³/mol. The van der Waals surface area contributed by atoms with Crippen LogP contribution in [0.25, 0.3) is 5.52 Å². The molecule has 4 heterocycles. The first-order valence-corrected chi connectivity index (χ1v) is 10.3. The van der Waals surface area contributed by atoms with E-state index in [9.17, 15) is 9.90 Å². The van der Waals surface area contributed by atoms with E-state index in [1.807, 2.05) is 42.2 Å². The predicted octanol–water partition coefficient (Wildman–Crippen LogP) is 1.90. The number of amides is 1. The molecule has 0 saturated carbocycles. The number of ether oxygens (including phenoxy) is 1.